The lowest BCUT2D eigenvalue weighted by molar-refractivity contribution is -0.122. The van der Waals surface area contributed by atoms with Crippen LogP contribution in [-0.2, 0) is 14.8 Å². The van der Waals surface area contributed by atoms with E-state index in [-0.39, 0.29) is 11.9 Å². The molecule has 0 aromatic heterocycles. The van der Waals surface area contributed by atoms with Crippen LogP contribution in [0.2, 0.25) is 0 Å². The number of sulfonamides is 1. The molecule has 0 aliphatic carbocycles. The number of nitrogens with one attached hydrogen (secondary N) is 1. The third kappa shape index (κ3) is 4.46. The van der Waals surface area contributed by atoms with E-state index in [1.54, 1.807) is 13.0 Å². The van der Waals surface area contributed by atoms with Crippen molar-refractivity contribution in [2.45, 2.75) is 46.7 Å². The van der Waals surface area contributed by atoms with Crippen molar-refractivity contribution in [1.29, 1.82) is 0 Å². The number of benzene rings is 1. The highest BCUT2D eigenvalue weighted by Crippen LogP contribution is 2.26. The fourth-order valence-corrected chi connectivity index (χ4v) is 3.37. The van der Waals surface area contributed by atoms with Gasteiger partial charge in [0.15, 0.2) is 0 Å². The second-order valence-corrected chi connectivity index (χ2v) is 7.55. The molecule has 1 aromatic rings. The first kappa shape index (κ1) is 17.5. The molecule has 0 saturated heterocycles. The topological polar surface area (TPSA) is 66.5 Å². The summed E-state index contributed by atoms with van der Waals surface area (Å²) >= 11 is 0. The number of nitrogens with zero attached hydrogens (tertiary/aromatic N) is 1. The molecule has 0 fully saturated rings. The summed E-state index contributed by atoms with van der Waals surface area (Å²) in [4.78, 5) is 12.2. The highest BCUT2D eigenvalue weighted by molar-refractivity contribution is 7.92. The van der Waals surface area contributed by atoms with Crippen LogP contribution in [0, 0.1) is 13.8 Å². The van der Waals surface area contributed by atoms with Crippen molar-refractivity contribution in [2.75, 3.05) is 10.6 Å². The molecule has 5 nitrogen and oxygen atoms in total. The van der Waals surface area contributed by atoms with Crippen LogP contribution in [0.3, 0.4) is 0 Å². The van der Waals surface area contributed by atoms with Gasteiger partial charge in [-0.15, -0.1) is 0 Å². The fourth-order valence-electron chi connectivity index (χ4n) is 2.14. The molecule has 0 radical (unpaired) electrons. The van der Waals surface area contributed by atoms with Crippen molar-refractivity contribution in [3.05, 3.63) is 29.3 Å². The minimum absolute atomic E-state index is 0.0417. The molecule has 0 aliphatic rings. The quantitative estimate of drug-likeness (QED) is 0.904. The Balaban J connectivity index is 3.31. The lowest BCUT2D eigenvalue weighted by Crippen LogP contribution is -2.49. The zero-order valence-electron chi connectivity index (χ0n) is 13.5. The maximum atomic E-state index is 12.2. The molecule has 0 spiro atoms. The van der Waals surface area contributed by atoms with Gasteiger partial charge in [-0.2, -0.15) is 0 Å². The normalized spacial score (nSPS) is 13.1. The van der Waals surface area contributed by atoms with E-state index in [9.17, 15) is 13.2 Å². The van der Waals surface area contributed by atoms with Gasteiger partial charge >= 0.3 is 0 Å². The number of amides is 1. The first-order valence-electron chi connectivity index (χ1n) is 6.91. The minimum Gasteiger partial charge on any atom is -0.352 e. The van der Waals surface area contributed by atoms with Crippen molar-refractivity contribution in [2.24, 2.45) is 0 Å². The van der Waals surface area contributed by atoms with Crippen molar-refractivity contribution < 1.29 is 13.2 Å². The summed E-state index contributed by atoms with van der Waals surface area (Å²) in [6.45, 7) is 9.00. The summed E-state index contributed by atoms with van der Waals surface area (Å²) in [6.07, 6.45) is 1.12. The van der Waals surface area contributed by atoms with E-state index in [0.717, 1.165) is 17.4 Å². The van der Waals surface area contributed by atoms with Crippen molar-refractivity contribution >= 4 is 21.6 Å². The second-order valence-electron chi connectivity index (χ2n) is 5.69. The van der Waals surface area contributed by atoms with Gasteiger partial charge in [0.25, 0.3) is 0 Å². The molecule has 0 unspecified atom stereocenters. The summed E-state index contributed by atoms with van der Waals surface area (Å²) in [5.74, 6) is -0.309. The number of carbonyl (C=O) groups is 1. The molecule has 1 amide bonds. The van der Waals surface area contributed by atoms with Gasteiger partial charge in [-0.05, 0) is 51.8 Å². The second kappa shape index (κ2) is 6.47. The van der Waals surface area contributed by atoms with Gasteiger partial charge in [0.2, 0.25) is 15.9 Å². The van der Waals surface area contributed by atoms with E-state index < -0.39 is 16.1 Å². The van der Waals surface area contributed by atoms with Crippen LogP contribution in [-0.4, -0.2) is 32.7 Å². The summed E-state index contributed by atoms with van der Waals surface area (Å²) in [7, 11) is -3.56. The molecule has 1 N–H and O–H groups in total. The molecular weight excluding hydrogens is 288 g/mol. The van der Waals surface area contributed by atoms with Crippen LogP contribution >= 0.6 is 0 Å². The van der Waals surface area contributed by atoms with Crippen LogP contribution in [0.4, 0.5) is 5.69 Å². The Bertz CT molecular complexity index is 624. The van der Waals surface area contributed by atoms with E-state index in [1.165, 1.54) is 4.31 Å². The van der Waals surface area contributed by atoms with Gasteiger partial charge in [0.05, 0.1) is 11.9 Å². The number of hydrogen-bond donors (Lipinski definition) is 1. The standard InChI is InChI=1S/C15H24N2O3S/c1-10(2)16-15(18)13(5)17(21(6,19)20)14-9-11(3)7-8-12(14)4/h7-10,13H,1-6H3,(H,16,18)/t13-/m1/s1. The average molecular weight is 312 g/mol. The van der Waals surface area contributed by atoms with E-state index in [4.69, 9.17) is 0 Å². The van der Waals surface area contributed by atoms with Crippen LogP contribution in [0.25, 0.3) is 0 Å². The molecule has 21 heavy (non-hydrogen) atoms. The Morgan fingerprint density at radius 3 is 2.24 bits per heavy atom. The van der Waals surface area contributed by atoms with Gasteiger partial charge in [-0.1, -0.05) is 12.1 Å². The van der Waals surface area contributed by atoms with Gasteiger partial charge in [0, 0.05) is 6.04 Å². The largest absolute Gasteiger partial charge is 0.352 e. The zero-order valence-corrected chi connectivity index (χ0v) is 14.3. The molecular formula is C15H24N2O3S. The van der Waals surface area contributed by atoms with E-state index >= 15 is 0 Å². The number of rotatable bonds is 5. The molecule has 1 rings (SSSR count). The molecule has 1 aromatic carbocycles. The van der Waals surface area contributed by atoms with E-state index in [0.29, 0.717) is 5.69 Å². The first-order valence-corrected chi connectivity index (χ1v) is 8.76. The third-order valence-corrected chi connectivity index (χ3v) is 4.35. The highest BCUT2D eigenvalue weighted by Gasteiger charge is 2.30. The predicted molar refractivity (Wildman–Crippen MR) is 86.0 cm³/mol. The first-order chi connectivity index (χ1) is 9.54. The highest BCUT2D eigenvalue weighted by atomic mass is 32.2. The van der Waals surface area contributed by atoms with E-state index in [2.05, 4.69) is 5.32 Å². The maximum Gasteiger partial charge on any atom is 0.243 e. The van der Waals surface area contributed by atoms with Crippen LogP contribution in [0.1, 0.15) is 31.9 Å². The Morgan fingerprint density at radius 1 is 1.19 bits per heavy atom. The Kier molecular flexibility index (Phi) is 5.39. The maximum absolute atomic E-state index is 12.2. The smallest absolute Gasteiger partial charge is 0.243 e. The summed E-state index contributed by atoms with van der Waals surface area (Å²) in [5, 5.41) is 2.75. The van der Waals surface area contributed by atoms with E-state index in [1.807, 2.05) is 39.8 Å². The third-order valence-electron chi connectivity index (χ3n) is 3.12. The molecule has 1 atom stereocenters. The van der Waals surface area contributed by atoms with Crippen molar-refractivity contribution in [3.8, 4) is 0 Å². The molecule has 6 heteroatoms. The van der Waals surface area contributed by atoms with Crippen LogP contribution in [0.15, 0.2) is 18.2 Å². The molecule has 0 aliphatic heterocycles. The predicted octanol–water partition coefficient (Wildman–Crippen LogP) is 1.98. The molecule has 0 saturated carbocycles. The average Bonchev–Trinajstić information content (AvgIpc) is 2.31. The Hall–Kier alpha value is -1.56. The summed E-state index contributed by atoms with van der Waals surface area (Å²) in [6, 6.07) is 4.71. The summed E-state index contributed by atoms with van der Waals surface area (Å²) in [5.41, 5.74) is 2.31. The molecule has 0 heterocycles. The molecule has 118 valence electrons. The van der Waals surface area contributed by atoms with Gasteiger partial charge < -0.3 is 5.32 Å². The number of carbonyl (C=O) groups excluding carboxylic acids is 1. The SMILES string of the molecule is Cc1ccc(C)c(N([C@H](C)C(=O)NC(C)C)S(C)(=O)=O)c1. The monoisotopic (exact) mass is 312 g/mol. The van der Waals surface area contributed by atoms with Gasteiger partial charge in [-0.3, -0.25) is 9.10 Å². The zero-order chi connectivity index (χ0) is 16.4. The number of hydrogen-bond acceptors (Lipinski definition) is 3. The van der Waals surface area contributed by atoms with Crippen molar-refractivity contribution in [1.82, 2.24) is 5.32 Å². The number of anilines is 1. The Labute approximate surface area is 127 Å². The summed E-state index contributed by atoms with van der Waals surface area (Å²) < 4.78 is 25.5. The van der Waals surface area contributed by atoms with Gasteiger partial charge in [0.1, 0.15) is 6.04 Å². The minimum atomic E-state index is -3.56. The number of aryl methyl sites for hydroxylation is 2. The van der Waals surface area contributed by atoms with Crippen molar-refractivity contribution in [3.63, 3.8) is 0 Å². The fraction of sp³-hybridized carbons (Fsp3) is 0.533. The van der Waals surface area contributed by atoms with Gasteiger partial charge in [-0.25, -0.2) is 8.42 Å². The Morgan fingerprint density at radius 2 is 1.76 bits per heavy atom. The lowest BCUT2D eigenvalue weighted by atomic mass is 10.1. The molecule has 0 bridgehead atoms. The lowest BCUT2D eigenvalue weighted by Gasteiger charge is -2.30. The van der Waals surface area contributed by atoms with Crippen LogP contribution in [0.5, 0.6) is 0 Å². The van der Waals surface area contributed by atoms with Crippen LogP contribution < -0.4 is 9.62 Å².